The third-order valence-electron chi connectivity index (χ3n) is 5.30. The highest BCUT2D eigenvalue weighted by atomic mass is 16.6. The summed E-state index contributed by atoms with van der Waals surface area (Å²) in [5.41, 5.74) is 7.00. The van der Waals surface area contributed by atoms with Crippen LogP contribution in [-0.4, -0.2) is 17.2 Å². The minimum Gasteiger partial charge on any atom is -0.444 e. The molecule has 1 heterocycles. The third-order valence-corrected chi connectivity index (χ3v) is 5.30. The predicted octanol–water partition coefficient (Wildman–Crippen LogP) is 6.13. The van der Waals surface area contributed by atoms with Crippen LogP contribution in [0.5, 0.6) is 0 Å². The van der Waals surface area contributed by atoms with Crippen LogP contribution in [-0.2, 0) is 27.5 Å². The van der Waals surface area contributed by atoms with Gasteiger partial charge in [-0.2, -0.15) is 9.59 Å². The lowest BCUT2D eigenvalue weighted by Gasteiger charge is -2.23. The van der Waals surface area contributed by atoms with Gasteiger partial charge in [0.1, 0.15) is 6.61 Å². The average molecular weight is 467 g/mol. The summed E-state index contributed by atoms with van der Waals surface area (Å²) in [6, 6.07) is 29.8. The van der Waals surface area contributed by atoms with E-state index in [0.29, 0.717) is 6.54 Å². The lowest BCUT2D eigenvalue weighted by Crippen LogP contribution is -2.31. The van der Waals surface area contributed by atoms with Crippen LogP contribution >= 0.6 is 0 Å². The summed E-state index contributed by atoms with van der Waals surface area (Å²) in [5, 5.41) is 0. The zero-order valence-electron chi connectivity index (χ0n) is 19.7. The summed E-state index contributed by atoms with van der Waals surface area (Å²) in [6.45, 7) is 4.68. The number of pyridine rings is 1. The highest BCUT2D eigenvalue weighted by molar-refractivity contribution is 5.89. The molecular weight excluding hydrogens is 440 g/mol. The molecule has 0 N–H and O–H groups in total. The van der Waals surface area contributed by atoms with E-state index in [0.717, 1.165) is 33.6 Å². The number of aromatic nitrogens is 1. The van der Waals surface area contributed by atoms with Crippen molar-refractivity contribution in [3.05, 3.63) is 120 Å². The van der Waals surface area contributed by atoms with Crippen molar-refractivity contribution in [3.63, 3.8) is 0 Å². The van der Waals surface area contributed by atoms with Gasteiger partial charge in [-0.25, -0.2) is 4.79 Å². The number of nitrogens with zero attached hydrogens (tertiary/aromatic N) is 2. The number of ether oxygens (including phenoxy) is 1. The average Bonchev–Trinajstić information content (AvgIpc) is 2.87. The molecule has 0 radical (unpaired) electrons. The molecule has 0 bridgehead atoms. The summed E-state index contributed by atoms with van der Waals surface area (Å²) >= 11 is 0. The van der Waals surface area contributed by atoms with Gasteiger partial charge in [0.2, 0.25) is 0 Å². The Hall–Kier alpha value is -4.54. The minimum atomic E-state index is -0.402. The first-order valence-electron chi connectivity index (χ1n) is 11.1. The second kappa shape index (κ2) is 12.6. The molecule has 3 aromatic carbocycles. The van der Waals surface area contributed by atoms with Gasteiger partial charge in [-0.05, 0) is 65.9 Å². The van der Waals surface area contributed by atoms with Crippen LogP contribution in [0, 0.1) is 13.8 Å². The van der Waals surface area contributed by atoms with E-state index in [2.05, 4.69) is 30.1 Å². The molecule has 0 unspecified atom stereocenters. The number of aryl methyl sites for hydroxylation is 2. The van der Waals surface area contributed by atoms with Crippen LogP contribution in [0.4, 0.5) is 10.5 Å². The van der Waals surface area contributed by atoms with E-state index >= 15 is 0 Å². The predicted molar refractivity (Wildman–Crippen MR) is 133 cm³/mol. The fraction of sp³-hybridized carbons (Fsp3) is 0.138. The summed E-state index contributed by atoms with van der Waals surface area (Å²) in [7, 11) is 0. The number of anilines is 1. The Kier molecular flexibility index (Phi) is 9.06. The van der Waals surface area contributed by atoms with Crippen LogP contribution in [0.1, 0.15) is 22.4 Å². The summed E-state index contributed by atoms with van der Waals surface area (Å²) < 4.78 is 5.69. The molecule has 4 rings (SSSR count). The van der Waals surface area contributed by atoms with Gasteiger partial charge in [-0.1, -0.05) is 66.7 Å². The Morgan fingerprint density at radius 1 is 0.886 bits per heavy atom. The van der Waals surface area contributed by atoms with Crippen molar-refractivity contribution < 1.29 is 19.1 Å². The van der Waals surface area contributed by atoms with Crippen LogP contribution < -0.4 is 4.90 Å². The molecule has 0 atom stereocenters. The summed E-state index contributed by atoms with van der Waals surface area (Å²) in [4.78, 5) is 35.5. The smallest absolute Gasteiger partial charge is 0.414 e. The van der Waals surface area contributed by atoms with E-state index in [-0.39, 0.29) is 12.8 Å². The molecular formula is C29H26N2O4. The number of carbonyl (C=O) groups excluding carboxylic acids is 3. The van der Waals surface area contributed by atoms with E-state index in [9.17, 15) is 4.79 Å². The first kappa shape index (κ1) is 25.1. The molecule has 0 aliphatic carbocycles. The molecule has 1 amide bonds. The Bertz CT molecular complexity index is 1280. The second-order valence-corrected chi connectivity index (χ2v) is 7.90. The Morgan fingerprint density at radius 3 is 2.26 bits per heavy atom. The molecule has 1 aromatic heterocycles. The molecule has 0 saturated carbocycles. The largest absolute Gasteiger partial charge is 0.444 e. The van der Waals surface area contributed by atoms with Crippen molar-refractivity contribution in [2.24, 2.45) is 0 Å². The Balaban J connectivity index is 0.00000108. The molecule has 0 aliphatic rings. The number of hydrogen-bond donors (Lipinski definition) is 0. The number of carbonyl (C=O) groups is 1. The normalized spacial score (nSPS) is 9.89. The second-order valence-electron chi connectivity index (χ2n) is 7.90. The molecule has 0 spiro atoms. The first-order valence-corrected chi connectivity index (χ1v) is 11.1. The molecule has 0 fully saturated rings. The van der Waals surface area contributed by atoms with Gasteiger partial charge < -0.3 is 4.74 Å². The minimum absolute atomic E-state index is 0.217. The van der Waals surface area contributed by atoms with E-state index < -0.39 is 6.09 Å². The molecule has 0 saturated heterocycles. The molecule has 4 aromatic rings. The summed E-state index contributed by atoms with van der Waals surface area (Å²) in [6.07, 6.45) is 1.58. The summed E-state index contributed by atoms with van der Waals surface area (Å²) in [5.74, 6) is 0. The maximum absolute atomic E-state index is 13.2. The lowest BCUT2D eigenvalue weighted by atomic mass is 9.98. The highest BCUT2D eigenvalue weighted by Crippen LogP contribution is 2.30. The Morgan fingerprint density at radius 2 is 1.57 bits per heavy atom. The number of hydrogen-bond acceptors (Lipinski definition) is 5. The maximum Gasteiger partial charge on any atom is 0.414 e. The number of benzene rings is 3. The van der Waals surface area contributed by atoms with Crippen LogP contribution in [0.2, 0.25) is 0 Å². The van der Waals surface area contributed by atoms with Gasteiger partial charge in [0.25, 0.3) is 0 Å². The van der Waals surface area contributed by atoms with Crippen LogP contribution in [0.3, 0.4) is 0 Å². The number of rotatable bonds is 6. The highest BCUT2D eigenvalue weighted by Gasteiger charge is 2.20. The molecule has 176 valence electrons. The lowest BCUT2D eigenvalue weighted by molar-refractivity contribution is -0.191. The standard InChI is InChI=1S/C28H26N2O2.CO2/c1-21-16-24(27-14-7-6-10-22(27)2)18-26(17-21)30(19-25-13-8-9-15-29-25)28(31)32-20-23-11-4-3-5-12-23;2-1-3/h3-18H,19-20H2,1-2H3;. The first-order chi connectivity index (χ1) is 17.0. The van der Waals surface area contributed by atoms with Gasteiger partial charge >= 0.3 is 12.2 Å². The maximum atomic E-state index is 13.2. The van der Waals surface area contributed by atoms with Gasteiger partial charge in [-0.15, -0.1) is 0 Å². The van der Waals surface area contributed by atoms with Crippen molar-refractivity contribution in [1.29, 1.82) is 0 Å². The molecule has 0 aliphatic heterocycles. The third kappa shape index (κ3) is 7.22. The van der Waals surface area contributed by atoms with Crippen LogP contribution in [0.25, 0.3) is 11.1 Å². The monoisotopic (exact) mass is 466 g/mol. The van der Waals surface area contributed by atoms with Crippen molar-refractivity contribution >= 4 is 17.9 Å². The van der Waals surface area contributed by atoms with Crippen LogP contribution in [0.15, 0.2) is 97.2 Å². The zero-order chi connectivity index (χ0) is 25.0. The zero-order valence-corrected chi connectivity index (χ0v) is 19.7. The fourth-order valence-electron chi connectivity index (χ4n) is 3.68. The van der Waals surface area contributed by atoms with E-state index in [1.807, 2.05) is 79.7 Å². The van der Waals surface area contributed by atoms with E-state index in [4.69, 9.17) is 14.3 Å². The van der Waals surface area contributed by atoms with Gasteiger partial charge in [0.05, 0.1) is 12.2 Å². The van der Waals surface area contributed by atoms with Crippen molar-refractivity contribution in [2.75, 3.05) is 4.90 Å². The Labute approximate surface area is 204 Å². The van der Waals surface area contributed by atoms with E-state index in [1.54, 1.807) is 11.1 Å². The van der Waals surface area contributed by atoms with Gasteiger partial charge in [0, 0.05) is 11.9 Å². The van der Waals surface area contributed by atoms with Crippen molar-refractivity contribution in [1.82, 2.24) is 4.98 Å². The van der Waals surface area contributed by atoms with E-state index in [1.165, 1.54) is 5.56 Å². The SMILES string of the molecule is Cc1cc(-c2ccccc2C)cc(N(Cc2ccccn2)C(=O)OCc2ccccc2)c1.O=C=O. The molecule has 6 nitrogen and oxygen atoms in total. The number of amides is 1. The quantitative estimate of drug-likeness (QED) is 0.342. The van der Waals surface area contributed by atoms with Gasteiger partial charge in [0.15, 0.2) is 0 Å². The molecule has 6 heteroatoms. The molecule has 35 heavy (non-hydrogen) atoms. The fourth-order valence-corrected chi connectivity index (χ4v) is 3.68. The van der Waals surface area contributed by atoms with Gasteiger partial charge in [-0.3, -0.25) is 9.88 Å². The van der Waals surface area contributed by atoms with Crippen molar-refractivity contribution in [2.45, 2.75) is 27.0 Å². The topological polar surface area (TPSA) is 76.6 Å². The van der Waals surface area contributed by atoms with Crippen molar-refractivity contribution in [3.8, 4) is 11.1 Å².